The molecule has 2 aromatic heterocycles. The van der Waals surface area contributed by atoms with E-state index in [2.05, 4.69) is 52.1 Å². The van der Waals surface area contributed by atoms with E-state index in [0.29, 0.717) is 11.0 Å². The minimum absolute atomic E-state index is 0.553. The molecule has 0 fully saturated rings. The van der Waals surface area contributed by atoms with E-state index in [1.165, 1.54) is 11.3 Å². The number of halogens is 3. The summed E-state index contributed by atoms with van der Waals surface area (Å²) in [7, 11) is 0. The molecule has 0 atom stereocenters. The smallest absolute Gasteiger partial charge is 0.183 e. The number of thiazole rings is 1. The minimum Gasteiger partial charge on any atom is -0.378 e. The number of H-pyrrole nitrogens is 1. The van der Waals surface area contributed by atoms with E-state index in [9.17, 15) is 0 Å². The van der Waals surface area contributed by atoms with Gasteiger partial charge >= 0.3 is 0 Å². The van der Waals surface area contributed by atoms with Crippen LogP contribution in [0.5, 0.6) is 0 Å². The summed E-state index contributed by atoms with van der Waals surface area (Å²) in [4.78, 5) is 12.5. The number of aromatic nitrogens is 3. The van der Waals surface area contributed by atoms with Crippen molar-refractivity contribution in [1.29, 1.82) is 0 Å². The minimum atomic E-state index is 0.553. The fourth-order valence-electron chi connectivity index (χ4n) is 1.71. The number of imidazole rings is 1. The zero-order chi connectivity index (χ0) is 13.4. The van der Waals surface area contributed by atoms with Crippen LogP contribution in [0.3, 0.4) is 0 Å². The summed E-state index contributed by atoms with van der Waals surface area (Å²) >= 11 is 14.4. The Balaban J connectivity index is 1.91. The van der Waals surface area contributed by atoms with Crippen LogP contribution in [0.2, 0.25) is 4.47 Å². The third-order valence-electron chi connectivity index (χ3n) is 2.57. The van der Waals surface area contributed by atoms with Crippen molar-refractivity contribution in [3.8, 4) is 0 Å². The molecule has 0 amide bonds. The summed E-state index contributed by atoms with van der Waals surface area (Å²) < 4.78 is 2.44. The molecule has 19 heavy (non-hydrogen) atoms. The normalized spacial score (nSPS) is 11.1. The van der Waals surface area contributed by atoms with Crippen molar-refractivity contribution < 1.29 is 0 Å². The van der Waals surface area contributed by atoms with Crippen LogP contribution in [0, 0.1) is 0 Å². The van der Waals surface area contributed by atoms with Crippen LogP contribution in [0.1, 0.15) is 4.88 Å². The second-order valence-corrected chi connectivity index (χ2v) is 7.12. The first kappa shape index (κ1) is 13.4. The molecule has 0 saturated heterocycles. The molecule has 0 saturated carbocycles. The number of hydrogen-bond acceptors (Lipinski definition) is 4. The molecule has 98 valence electrons. The summed E-state index contributed by atoms with van der Waals surface area (Å²) in [5, 5.41) is 3.36. The summed E-state index contributed by atoms with van der Waals surface area (Å²) in [6.45, 7) is 0.664. The molecule has 0 radical (unpaired) electrons. The number of hydrogen-bond donors (Lipinski definition) is 2. The molecule has 3 rings (SSSR count). The second kappa shape index (κ2) is 5.40. The molecule has 1 aromatic carbocycles. The lowest BCUT2D eigenvalue weighted by molar-refractivity contribution is 1.17. The summed E-state index contributed by atoms with van der Waals surface area (Å²) in [5.74, 6) is 0. The maximum Gasteiger partial charge on any atom is 0.183 e. The Bertz CT molecular complexity index is 739. The van der Waals surface area contributed by atoms with Gasteiger partial charge in [0.2, 0.25) is 0 Å². The highest BCUT2D eigenvalue weighted by Crippen LogP contribution is 2.36. The second-order valence-electron chi connectivity index (χ2n) is 3.78. The van der Waals surface area contributed by atoms with Gasteiger partial charge in [-0.05, 0) is 37.9 Å². The SMILES string of the molecule is Clc1ncc(CNc2c(Br)cc3[nH]cnc3c2Br)s1. The van der Waals surface area contributed by atoms with E-state index in [1.54, 1.807) is 12.5 Å². The van der Waals surface area contributed by atoms with Crippen molar-refractivity contribution in [1.82, 2.24) is 15.0 Å². The molecule has 0 spiro atoms. The topological polar surface area (TPSA) is 53.6 Å². The molecular weight excluding hydrogens is 415 g/mol. The van der Waals surface area contributed by atoms with E-state index in [-0.39, 0.29) is 0 Å². The van der Waals surface area contributed by atoms with Gasteiger partial charge in [0.1, 0.15) is 5.52 Å². The number of aromatic amines is 1. The first-order chi connectivity index (χ1) is 9.15. The van der Waals surface area contributed by atoms with Gasteiger partial charge < -0.3 is 10.3 Å². The van der Waals surface area contributed by atoms with Gasteiger partial charge in [-0.15, -0.1) is 11.3 Å². The number of fused-ring (bicyclic) bond motifs is 1. The van der Waals surface area contributed by atoms with Crippen molar-refractivity contribution in [2.24, 2.45) is 0 Å². The van der Waals surface area contributed by atoms with E-state index in [0.717, 1.165) is 30.5 Å². The highest BCUT2D eigenvalue weighted by Gasteiger charge is 2.12. The highest BCUT2D eigenvalue weighted by molar-refractivity contribution is 9.11. The Morgan fingerprint density at radius 3 is 2.95 bits per heavy atom. The molecule has 0 unspecified atom stereocenters. The van der Waals surface area contributed by atoms with Crippen molar-refractivity contribution in [3.63, 3.8) is 0 Å². The number of anilines is 1. The Labute approximate surface area is 134 Å². The molecule has 0 aliphatic rings. The molecule has 0 aliphatic carbocycles. The van der Waals surface area contributed by atoms with E-state index in [4.69, 9.17) is 11.6 Å². The molecule has 0 aliphatic heterocycles. The number of benzene rings is 1. The van der Waals surface area contributed by atoms with Gasteiger partial charge in [0, 0.05) is 15.5 Å². The van der Waals surface area contributed by atoms with Crippen molar-refractivity contribution >= 4 is 71.5 Å². The lowest BCUT2D eigenvalue weighted by atomic mass is 10.2. The number of nitrogens with zero attached hydrogens (tertiary/aromatic N) is 2. The molecule has 8 heteroatoms. The van der Waals surface area contributed by atoms with Crippen LogP contribution in [-0.4, -0.2) is 15.0 Å². The first-order valence-electron chi connectivity index (χ1n) is 5.30. The third-order valence-corrected chi connectivity index (χ3v) is 5.08. The highest BCUT2D eigenvalue weighted by atomic mass is 79.9. The lowest BCUT2D eigenvalue weighted by Crippen LogP contribution is -1.99. The molecule has 2 N–H and O–H groups in total. The molecule has 4 nitrogen and oxygen atoms in total. The van der Waals surface area contributed by atoms with Crippen molar-refractivity contribution in [2.75, 3.05) is 5.32 Å². The van der Waals surface area contributed by atoms with Gasteiger partial charge in [0.15, 0.2) is 4.47 Å². The van der Waals surface area contributed by atoms with E-state index in [1.807, 2.05) is 6.07 Å². The first-order valence-corrected chi connectivity index (χ1v) is 8.08. The van der Waals surface area contributed by atoms with Gasteiger partial charge in [-0.3, -0.25) is 0 Å². The Hall–Kier alpha value is -0.630. The van der Waals surface area contributed by atoms with Crippen LogP contribution < -0.4 is 5.32 Å². The van der Waals surface area contributed by atoms with Crippen molar-refractivity contribution in [3.05, 3.63) is 36.9 Å². The van der Waals surface area contributed by atoms with Crippen LogP contribution in [0.25, 0.3) is 11.0 Å². The van der Waals surface area contributed by atoms with Crippen LogP contribution in [0.15, 0.2) is 27.5 Å². The number of rotatable bonds is 3. The fraction of sp³-hybridized carbons (Fsp3) is 0.0909. The maximum atomic E-state index is 5.82. The van der Waals surface area contributed by atoms with Crippen LogP contribution in [-0.2, 0) is 6.54 Å². The Morgan fingerprint density at radius 1 is 1.37 bits per heavy atom. The quantitative estimate of drug-likeness (QED) is 0.637. The predicted octanol–water partition coefficient (Wildman–Crippen LogP) is 4.81. The third kappa shape index (κ3) is 2.65. The summed E-state index contributed by atoms with van der Waals surface area (Å²) in [6, 6.07) is 2.00. The molecule has 0 bridgehead atoms. The largest absolute Gasteiger partial charge is 0.378 e. The molecule has 3 aromatic rings. The fourth-order valence-corrected chi connectivity index (χ4v) is 4.13. The van der Waals surface area contributed by atoms with Gasteiger partial charge in [-0.25, -0.2) is 9.97 Å². The van der Waals surface area contributed by atoms with Gasteiger partial charge in [0.25, 0.3) is 0 Å². The molecule has 2 heterocycles. The standard InChI is InChI=1S/C11H7Br2ClN4S/c12-6-1-7-10(18-4-17-7)8(13)9(6)15-2-5-3-16-11(14)19-5/h1,3-4,15H,2H2,(H,17,18). The van der Waals surface area contributed by atoms with Crippen LogP contribution in [0.4, 0.5) is 5.69 Å². The van der Waals surface area contributed by atoms with Gasteiger partial charge in [-0.2, -0.15) is 0 Å². The monoisotopic (exact) mass is 420 g/mol. The summed E-state index contributed by atoms with van der Waals surface area (Å²) in [6.07, 6.45) is 3.45. The van der Waals surface area contributed by atoms with E-state index < -0.39 is 0 Å². The summed E-state index contributed by atoms with van der Waals surface area (Å²) in [5.41, 5.74) is 2.84. The average Bonchev–Trinajstić information content (AvgIpc) is 2.98. The Kier molecular flexibility index (Phi) is 3.79. The predicted molar refractivity (Wildman–Crippen MR) is 85.9 cm³/mol. The lowest BCUT2D eigenvalue weighted by Gasteiger charge is -2.10. The van der Waals surface area contributed by atoms with E-state index >= 15 is 0 Å². The van der Waals surface area contributed by atoms with Gasteiger partial charge in [-0.1, -0.05) is 11.6 Å². The van der Waals surface area contributed by atoms with Crippen molar-refractivity contribution in [2.45, 2.75) is 6.54 Å². The molecular formula is C11H7Br2ClN4S. The Morgan fingerprint density at radius 2 is 2.21 bits per heavy atom. The zero-order valence-corrected chi connectivity index (χ0v) is 14.1. The average molecular weight is 423 g/mol. The van der Waals surface area contributed by atoms with Gasteiger partial charge in [0.05, 0.1) is 28.5 Å². The number of nitrogens with one attached hydrogen (secondary N) is 2. The zero-order valence-electron chi connectivity index (χ0n) is 9.38. The maximum absolute atomic E-state index is 5.82. The van der Waals surface area contributed by atoms with Crippen LogP contribution >= 0.6 is 54.8 Å².